The number of hydrogen-bond donors (Lipinski definition) is 2. The van der Waals surface area contributed by atoms with Crippen LogP contribution < -0.4 is 15.2 Å². The molecule has 0 bridgehead atoms. The summed E-state index contributed by atoms with van der Waals surface area (Å²) < 4.78 is 44.9. The highest BCUT2D eigenvalue weighted by Crippen LogP contribution is 2.26. The summed E-state index contributed by atoms with van der Waals surface area (Å²) in [5.41, 5.74) is 5.64. The first-order valence-electron chi connectivity index (χ1n) is 5.59. The zero-order chi connectivity index (χ0) is 15.6. The van der Waals surface area contributed by atoms with E-state index in [9.17, 15) is 12.8 Å². The molecule has 0 fully saturated rings. The number of thiophene rings is 1. The van der Waals surface area contributed by atoms with Crippen molar-refractivity contribution < 1.29 is 17.5 Å². The fourth-order valence-corrected chi connectivity index (χ4v) is 3.93. The van der Waals surface area contributed by atoms with Crippen molar-refractivity contribution in [3.8, 4) is 5.75 Å². The summed E-state index contributed by atoms with van der Waals surface area (Å²) >= 11 is 5.75. The van der Waals surface area contributed by atoms with E-state index in [1.807, 2.05) is 0 Å². The lowest BCUT2D eigenvalue weighted by Gasteiger charge is -2.08. The van der Waals surface area contributed by atoms with E-state index in [4.69, 9.17) is 22.7 Å². The lowest BCUT2D eigenvalue weighted by Crippen LogP contribution is -2.11. The molecule has 0 aliphatic rings. The molecule has 112 valence electrons. The summed E-state index contributed by atoms with van der Waals surface area (Å²) in [6.45, 7) is 0. The first-order chi connectivity index (χ1) is 9.83. The molecule has 0 atom stereocenters. The molecule has 0 spiro atoms. The zero-order valence-electron chi connectivity index (χ0n) is 10.8. The minimum Gasteiger partial charge on any atom is -0.494 e. The number of methoxy groups -OCH3 is 1. The minimum absolute atomic E-state index is 0.0507. The number of rotatable bonds is 5. The molecule has 0 saturated carbocycles. The number of hydrogen-bond acceptors (Lipinski definition) is 5. The molecule has 9 heteroatoms. The van der Waals surface area contributed by atoms with Crippen LogP contribution in [0.3, 0.4) is 0 Å². The molecular weight excluding hydrogens is 335 g/mol. The van der Waals surface area contributed by atoms with Gasteiger partial charge in [-0.15, -0.1) is 11.3 Å². The Hall–Kier alpha value is -1.71. The van der Waals surface area contributed by atoms with Gasteiger partial charge in [-0.2, -0.15) is 0 Å². The Morgan fingerprint density at radius 3 is 2.67 bits per heavy atom. The average Bonchev–Trinajstić information content (AvgIpc) is 2.91. The highest BCUT2D eigenvalue weighted by molar-refractivity contribution is 7.94. The van der Waals surface area contributed by atoms with Gasteiger partial charge >= 0.3 is 0 Å². The molecule has 2 aromatic rings. The van der Waals surface area contributed by atoms with Gasteiger partial charge in [0.25, 0.3) is 10.0 Å². The number of nitrogens with one attached hydrogen (secondary N) is 1. The Morgan fingerprint density at radius 2 is 2.10 bits per heavy atom. The second-order valence-electron chi connectivity index (χ2n) is 3.94. The van der Waals surface area contributed by atoms with Gasteiger partial charge in [-0.1, -0.05) is 12.2 Å². The smallest absolute Gasteiger partial charge is 0.271 e. The second kappa shape index (κ2) is 5.96. The van der Waals surface area contributed by atoms with Crippen molar-refractivity contribution >= 4 is 44.3 Å². The molecule has 1 aromatic carbocycles. The zero-order valence-corrected chi connectivity index (χ0v) is 13.2. The number of sulfonamides is 1. The van der Waals surface area contributed by atoms with Crippen LogP contribution in [-0.4, -0.2) is 20.5 Å². The first kappa shape index (κ1) is 15.7. The van der Waals surface area contributed by atoms with Gasteiger partial charge in [0.2, 0.25) is 0 Å². The van der Waals surface area contributed by atoms with Crippen LogP contribution >= 0.6 is 23.6 Å². The van der Waals surface area contributed by atoms with Crippen LogP contribution in [0.2, 0.25) is 0 Å². The fraction of sp³-hybridized carbons (Fsp3) is 0.0833. The van der Waals surface area contributed by atoms with E-state index in [1.165, 1.54) is 31.4 Å². The van der Waals surface area contributed by atoms with Crippen molar-refractivity contribution in [1.29, 1.82) is 0 Å². The normalized spacial score (nSPS) is 11.1. The average molecular weight is 346 g/mol. The maximum Gasteiger partial charge on any atom is 0.271 e. The quantitative estimate of drug-likeness (QED) is 0.812. The summed E-state index contributed by atoms with van der Waals surface area (Å²) in [5.74, 6) is -0.627. The van der Waals surface area contributed by atoms with Gasteiger partial charge in [0, 0.05) is 6.07 Å². The number of nitrogens with two attached hydrogens (primary N) is 1. The molecule has 2 rings (SSSR count). The van der Waals surface area contributed by atoms with Gasteiger partial charge in [0.1, 0.15) is 9.20 Å². The SMILES string of the molecule is COc1cc(NS(=O)(=O)c2ccc(C(N)=S)s2)ccc1F. The Labute approximate surface area is 130 Å². The molecule has 0 unspecified atom stereocenters. The van der Waals surface area contributed by atoms with Crippen molar-refractivity contribution in [2.45, 2.75) is 4.21 Å². The molecule has 0 aliphatic heterocycles. The van der Waals surface area contributed by atoms with Crippen molar-refractivity contribution in [2.75, 3.05) is 11.8 Å². The van der Waals surface area contributed by atoms with Crippen LogP contribution in [0.5, 0.6) is 5.75 Å². The van der Waals surface area contributed by atoms with E-state index in [2.05, 4.69) is 4.72 Å². The van der Waals surface area contributed by atoms with Gasteiger partial charge in [-0.05, 0) is 24.3 Å². The van der Waals surface area contributed by atoms with E-state index in [0.717, 1.165) is 17.4 Å². The van der Waals surface area contributed by atoms with Crippen LogP contribution in [0, 0.1) is 5.82 Å². The van der Waals surface area contributed by atoms with E-state index in [1.54, 1.807) is 0 Å². The molecule has 0 aliphatic carbocycles. The lowest BCUT2D eigenvalue weighted by molar-refractivity contribution is 0.387. The molecule has 3 N–H and O–H groups in total. The Morgan fingerprint density at radius 1 is 1.38 bits per heavy atom. The Balaban J connectivity index is 2.30. The predicted octanol–water partition coefficient (Wildman–Crippen LogP) is 2.33. The van der Waals surface area contributed by atoms with Gasteiger partial charge in [-0.3, -0.25) is 4.72 Å². The molecule has 1 aromatic heterocycles. The van der Waals surface area contributed by atoms with Crippen LogP contribution in [0.15, 0.2) is 34.5 Å². The van der Waals surface area contributed by atoms with Gasteiger partial charge < -0.3 is 10.5 Å². The Bertz CT molecular complexity index is 787. The van der Waals surface area contributed by atoms with Crippen molar-refractivity contribution in [3.05, 3.63) is 41.0 Å². The van der Waals surface area contributed by atoms with Crippen molar-refractivity contribution in [2.24, 2.45) is 5.73 Å². The number of anilines is 1. The number of benzene rings is 1. The third-order valence-electron chi connectivity index (χ3n) is 2.49. The van der Waals surface area contributed by atoms with Gasteiger partial charge in [0.05, 0.1) is 17.7 Å². The van der Waals surface area contributed by atoms with Gasteiger partial charge in [-0.25, -0.2) is 12.8 Å². The molecule has 5 nitrogen and oxygen atoms in total. The monoisotopic (exact) mass is 346 g/mol. The molecule has 1 heterocycles. The van der Waals surface area contributed by atoms with Crippen LogP contribution in [0.1, 0.15) is 4.88 Å². The van der Waals surface area contributed by atoms with E-state index >= 15 is 0 Å². The topological polar surface area (TPSA) is 81.4 Å². The summed E-state index contributed by atoms with van der Waals surface area (Å²) in [6.07, 6.45) is 0. The Kier molecular flexibility index (Phi) is 4.45. The third-order valence-corrected chi connectivity index (χ3v) is 5.83. The summed E-state index contributed by atoms with van der Waals surface area (Å²) in [4.78, 5) is 0.631. The van der Waals surface area contributed by atoms with Crippen LogP contribution in [-0.2, 0) is 10.0 Å². The number of thiocarbonyl (C=S) groups is 1. The van der Waals surface area contributed by atoms with E-state index in [-0.39, 0.29) is 20.6 Å². The van der Waals surface area contributed by atoms with E-state index < -0.39 is 15.8 Å². The summed E-state index contributed by atoms with van der Waals surface area (Å²) in [5, 5.41) is 0. The molecule has 21 heavy (non-hydrogen) atoms. The van der Waals surface area contributed by atoms with Crippen LogP contribution in [0.25, 0.3) is 0 Å². The number of ether oxygens (including phenoxy) is 1. The molecule has 0 radical (unpaired) electrons. The van der Waals surface area contributed by atoms with E-state index in [0.29, 0.717) is 4.88 Å². The summed E-state index contributed by atoms with van der Waals surface area (Å²) in [7, 11) is -2.49. The number of halogens is 1. The summed E-state index contributed by atoms with van der Waals surface area (Å²) in [6, 6.07) is 6.62. The minimum atomic E-state index is -3.79. The largest absolute Gasteiger partial charge is 0.494 e. The third kappa shape index (κ3) is 3.49. The lowest BCUT2D eigenvalue weighted by atomic mass is 10.3. The molecule has 0 amide bonds. The highest BCUT2D eigenvalue weighted by atomic mass is 32.2. The molecular formula is C12H11FN2O3S3. The maximum absolute atomic E-state index is 13.3. The van der Waals surface area contributed by atoms with Crippen molar-refractivity contribution in [3.63, 3.8) is 0 Å². The maximum atomic E-state index is 13.3. The molecule has 0 saturated heterocycles. The predicted molar refractivity (Wildman–Crippen MR) is 84.0 cm³/mol. The fourth-order valence-electron chi connectivity index (χ4n) is 1.53. The second-order valence-corrected chi connectivity index (χ2v) is 7.37. The van der Waals surface area contributed by atoms with Gasteiger partial charge in [0.15, 0.2) is 11.6 Å². The standard InChI is InChI=1S/C12H11FN2O3S3/c1-18-9-6-7(2-3-8(9)13)15-21(16,17)11-5-4-10(20-11)12(14)19/h2-6,15H,1H3,(H2,14,19). The van der Waals surface area contributed by atoms with Crippen LogP contribution in [0.4, 0.5) is 10.1 Å². The van der Waals surface area contributed by atoms with Crippen molar-refractivity contribution in [1.82, 2.24) is 0 Å². The first-order valence-corrected chi connectivity index (χ1v) is 8.30. The highest BCUT2D eigenvalue weighted by Gasteiger charge is 2.18.